The van der Waals surface area contributed by atoms with Crippen LogP contribution >= 0.6 is 11.3 Å². The van der Waals surface area contributed by atoms with Crippen molar-refractivity contribution in [1.82, 2.24) is 50.1 Å². The van der Waals surface area contributed by atoms with Crippen LogP contribution in [0.25, 0.3) is 21.9 Å². The van der Waals surface area contributed by atoms with E-state index in [1.54, 1.807) is 28.3 Å². The Labute approximate surface area is 191 Å². The molecule has 1 aliphatic carbocycles. The van der Waals surface area contributed by atoms with Gasteiger partial charge in [0, 0.05) is 17.0 Å². The molecule has 5 aromatic heterocycles. The highest BCUT2D eigenvalue weighted by Crippen LogP contribution is 2.36. The maximum Gasteiger partial charge on any atom is 0.253 e. The number of tetrazole rings is 1. The summed E-state index contributed by atoms with van der Waals surface area (Å²) in [4.78, 5) is 23.0. The second-order valence-corrected chi connectivity index (χ2v) is 9.34. The van der Waals surface area contributed by atoms with Gasteiger partial charge in [-0.2, -0.15) is 4.68 Å². The fourth-order valence-corrected chi connectivity index (χ4v) is 4.85. The molecule has 0 bridgehead atoms. The Morgan fingerprint density at radius 3 is 2.94 bits per heavy atom. The molecular weight excluding hydrogens is 440 g/mol. The SMILES string of the molecule is Cc1ccc(-c2cnc3c(-n4nnnc4C4CCC4)cc(C(=O)NCc4nnc[nH]4)cn23)s1. The third kappa shape index (κ3) is 3.48. The summed E-state index contributed by atoms with van der Waals surface area (Å²) in [6.07, 6.45) is 8.39. The molecule has 5 aromatic rings. The lowest BCUT2D eigenvalue weighted by Gasteiger charge is -2.24. The molecule has 1 aliphatic rings. The van der Waals surface area contributed by atoms with Crippen LogP contribution in [-0.2, 0) is 6.54 Å². The number of imidazole rings is 1. The van der Waals surface area contributed by atoms with Gasteiger partial charge in [0.05, 0.1) is 28.9 Å². The van der Waals surface area contributed by atoms with Crippen LogP contribution in [0.5, 0.6) is 0 Å². The van der Waals surface area contributed by atoms with Crippen LogP contribution in [0.2, 0.25) is 0 Å². The highest BCUT2D eigenvalue weighted by atomic mass is 32.1. The van der Waals surface area contributed by atoms with Crippen LogP contribution in [-0.4, -0.2) is 50.7 Å². The number of aromatic nitrogens is 9. The fourth-order valence-electron chi connectivity index (χ4n) is 3.97. The van der Waals surface area contributed by atoms with E-state index in [1.807, 2.05) is 10.6 Å². The summed E-state index contributed by atoms with van der Waals surface area (Å²) in [5.41, 5.74) is 2.75. The summed E-state index contributed by atoms with van der Waals surface area (Å²) in [6, 6.07) is 5.93. The lowest BCUT2D eigenvalue weighted by molar-refractivity contribution is 0.0949. The number of H-pyrrole nitrogens is 1. The molecule has 2 N–H and O–H groups in total. The molecule has 1 fully saturated rings. The van der Waals surface area contributed by atoms with Crippen LogP contribution in [0.3, 0.4) is 0 Å². The fraction of sp³-hybridized carbons (Fsp3) is 0.286. The quantitative estimate of drug-likeness (QED) is 0.398. The van der Waals surface area contributed by atoms with Crippen molar-refractivity contribution < 1.29 is 4.79 Å². The van der Waals surface area contributed by atoms with E-state index >= 15 is 0 Å². The average Bonchev–Trinajstić information content (AvgIpc) is 3.56. The van der Waals surface area contributed by atoms with E-state index < -0.39 is 0 Å². The number of aryl methyl sites for hydroxylation is 1. The number of nitrogens with one attached hydrogen (secondary N) is 2. The number of nitrogens with zero attached hydrogens (tertiary/aromatic N) is 8. The number of fused-ring (bicyclic) bond motifs is 1. The van der Waals surface area contributed by atoms with Gasteiger partial charge in [-0.3, -0.25) is 9.20 Å². The minimum Gasteiger partial charge on any atom is -0.345 e. The molecule has 0 aliphatic heterocycles. The van der Waals surface area contributed by atoms with E-state index in [1.165, 1.54) is 17.6 Å². The van der Waals surface area contributed by atoms with Gasteiger partial charge in [0.1, 0.15) is 17.8 Å². The minimum atomic E-state index is -0.241. The molecule has 0 atom stereocenters. The van der Waals surface area contributed by atoms with Crippen molar-refractivity contribution in [2.24, 2.45) is 0 Å². The van der Waals surface area contributed by atoms with Gasteiger partial charge < -0.3 is 10.3 Å². The van der Waals surface area contributed by atoms with E-state index in [0.717, 1.165) is 29.2 Å². The summed E-state index contributed by atoms with van der Waals surface area (Å²) in [7, 11) is 0. The van der Waals surface area contributed by atoms with E-state index in [2.05, 4.69) is 60.1 Å². The molecule has 0 radical (unpaired) electrons. The number of carbonyl (C=O) groups excluding carboxylic acids is 1. The number of aromatic amines is 1. The second-order valence-electron chi connectivity index (χ2n) is 8.06. The Hall–Kier alpha value is -3.93. The topological polar surface area (TPSA) is 132 Å². The highest BCUT2D eigenvalue weighted by molar-refractivity contribution is 7.15. The largest absolute Gasteiger partial charge is 0.345 e. The van der Waals surface area contributed by atoms with E-state index in [0.29, 0.717) is 28.6 Å². The minimum absolute atomic E-state index is 0.241. The highest BCUT2D eigenvalue weighted by Gasteiger charge is 2.28. The van der Waals surface area contributed by atoms with Gasteiger partial charge in [-0.1, -0.05) is 6.42 Å². The zero-order valence-electron chi connectivity index (χ0n) is 17.8. The Bertz CT molecular complexity index is 1440. The van der Waals surface area contributed by atoms with Crippen LogP contribution in [0, 0.1) is 6.92 Å². The number of carbonyl (C=O) groups is 1. The van der Waals surface area contributed by atoms with Crippen molar-refractivity contribution in [3.63, 3.8) is 0 Å². The molecule has 0 unspecified atom stereocenters. The van der Waals surface area contributed by atoms with Crippen LogP contribution in [0.15, 0.2) is 36.9 Å². The molecule has 12 heteroatoms. The predicted molar refractivity (Wildman–Crippen MR) is 120 cm³/mol. The molecule has 33 heavy (non-hydrogen) atoms. The normalized spacial score (nSPS) is 14.0. The molecular formula is C21H20N10OS. The predicted octanol–water partition coefficient (Wildman–Crippen LogP) is 2.66. The molecule has 0 aromatic carbocycles. The lowest BCUT2D eigenvalue weighted by atomic mass is 9.85. The lowest BCUT2D eigenvalue weighted by Crippen LogP contribution is -2.24. The van der Waals surface area contributed by atoms with Gasteiger partial charge in [-0.15, -0.1) is 26.6 Å². The van der Waals surface area contributed by atoms with Crippen LogP contribution in [0.4, 0.5) is 0 Å². The van der Waals surface area contributed by atoms with E-state index in [4.69, 9.17) is 0 Å². The Kier molecular flexibility index (Phi) is 4.72. The molecule has 1 saturated carbocycles. The van der Waals surface area contributed by atoms with Crippen molar-refractivity contribution in [3.05, 3.63) is 59.0 Å². The summed E-state index contributed by atoms with van der Waals surface area (Å²) in [6.45, 7) is 2.31. The van der Waals surface area contributed by atoms with Gasteiger partial charge in [-0.05, 0) is 48.4 Å². The van der Waals surface area contributed by atoms with Gasteiger partial charge >= 0.3 is 0 Å². The number of pyridine rings is 1. The number of hydrogen-bond acceptors (Lipinski definition) is 8. The van der Waals surface area contributed by atoms with Crippen molar-refractivity contribution in [2.45, 2.75) is 38.6 Å². The summed E-state index contributed by atoms with van der Waals surface area (Å²) in [5, 5.41) is 23.0. The Morgan fingerprint density at radius 2 is 2.21 bits per heavy atom. The Balaban J connectivity index is 1.47. The van der Waals surface area contributed by atoms with Gasteiger partial charge in [0.2, 0.25) is 0 Å². The maximum atomic E-state index is 13.1. The smallest absolute Gasteiger partial charge is 0.253 e. The number of amides is 1. The number of thiophene rings is 1. The molecule has 11 nitrogen and oxygen atoms in total. The first-order valence-electron chi connectivity index (χ1n) is 10.7. The molecule has 0 saturated heterocycles. The monoisotopic (exact) mass is 460 g/mol. The first-order chi connectivity index (χ1) is 16.2. The molecule has 6 rings (SSSR count). The van der Waals surface area contributed by atoms with Crippen molar-refractivity contribution in [1.29, 1.82) is 0 Å². The molecule has 1 amide bonds. The standard InChI is InChI=1S/C21H20N10OS/c1-12-5-6-17(33-12)16-8-22-20-15(31-19(27-28-29-31)13-3-2-4-13)7-14(10-30(16)20)21(32)23-9-18-24-11-25-26-18/h5-8,10-11,13H,2-4,9H2,1H3,(H,23,32)(H,24,25,26). The maximum absolute atomic E-state index is 13.1. The second kappa shape index (κ2) is 7.89. The van der Waals surface area contributed by atoms with Crippen molar-refractivity contribution in [3.8, 4) is 16.3 Å². The summed E-state index contributed by atoms with van der Waals surface area (Å²) in [5.74, 6) is 1.46. The third-order valence-electron chi connectivity index (χ3n) is 5.92. The zero-order valence-corrected chi connectivity index (χ0v) is 18.6. The molecule has 0 spiro atoms. The van der Waals surface area contributed by atoms with Crippen molar-refractivity contribution in [2.75, 3.05) is 0 Å². The van der Waals surface area contributed by atoms with Gasteiger partial charge in [0.15, 0.2) is 11.5 Å². The number of hydrogen-bond donors (Lipinski definition) is 2. The van der Waals surface area contributed by atoms with Crippen LogP contribution in [0.1, 0.15) is 52.1 Å². The first kappa shape index (κ1) is 19.7. The van der Waals surface area contributed by atoms with Crippen molar-refractivity contribution >= 4 is 22.9 Å². The summed E-state index contributed by atoms with van der Waals surface area (Å²) < 4.78 is 3.67. The molecule has 5 heterocycles. The Morgan fingerprint density at radius 1 is 1.30 bits per heavy atom. The van der Waals surface area contributed by atoms with Crippen LogP contribution < -0.4 is 5.32 Å². The number of rotatable bonds is 6. The average molecular weight is 461 g/mol. The first-order valence-corrected chi connectivity index (χ1v) is 11.5. The van der Waals surface area contributed by atoms with E-state index in [-0.39, 0.29) is 12.5 Å². The molecule has 166 valence electrons. The third-order valence-corrected chi connectivity index (χ3v) is 6.94. The van der Waals surface area contributed by atoms with Gasteiger partial charge in [0.25, 0.3) is 5.91 Å². The zero-order chi connectivity index (χ0) is 22.4. The summed E-state index contributed by atoms with van der Waals surface area (Å²) >= 11 is 1.68. The van der Waals surface area contributed by atoms with E-state index in [9.17, 15) is 4.79 Å². The van der Waals surface area contributed by atoms with Gasteiger partial charge in [-0.25, -0.2) is 4.98 Å².